The van der Waals surface area contributed by atoms with Gasteiger partial charge in [0, 0.05) is 38.3 Å². The fraction of sp³-hybridized carbons (Fsp3) is 0.585. The van der Waals surface area contributed by atoms with Gasteiger partial charge in [-0.2, -0.15) is 9.97 Å². The van der Waals surface area contributed by atoms with Gasteiger partial charge in [-0.3, -0.25) is 9.59 Å². The first kappa shape index (κ1) is 38.4. The average Bonchev–Trinajstić information content (AvgIpc) is 3.83. The van der Waals surface area contributed by atoms with Crippen LogP contribution in [0, 0.1) is 0 Å². The monoisotopic (exact) mass is 756 g/mol. The first-order chi connectivity index (χ1) is 26.6. The van der Waals surface area contributed by atoms with Gasteiger partial charge in [0.05, 0.1) is 0 Å². The summed E-state index contributed by atoms with van der Waals surface area (Å²) in [5.41, 5.74) is 2.65. The lowest BCUT2D eigenvalue weighted by Gasteiger charge is -2.37. The minimum atomic E-state index is -0.503. The average molecular weight is 757 g/mol. The molecular formula is C41H56N8O6. The third kappa shape index (κ3) is 9.70. The summed E-state index contributed by atoms with van der Waals surface area (Å²) in [6, 6.07) is 16.4. The zero-order chi connectivity index (χ0) is 38.4. The Morgan fingerprint density at radius 3 is 1.62 bits per heavy atom. The van der Waals surface area contributed by atoms with Crippen molar-refractivity contribution in [1.29, 1.82) is 0 Å². The highest BCUT2D eigenvalue weighted by Gasteiger charge is 2.35. The molecular weight excluding hydrogens is 701 g/mol. The Morgan fingerprint density at radius 2 is 1.15 bits per heavy atom. The minimum Gasteiger partial charge on any atom is -0.444 e. The van der Waals surface area contributed by atoms with E-state index in [1.165, 1.54) is 0 Å². The maximum Gasteiger partial charge on any atom is 0.410 e. The summed E-state index contributed by atoms with van der Waals surface area (Å²) >= 11 is 0. The first-order valence-corrected chi connectivity index (χ1v) is 20.1. The molecule has 4 aliphatic rings. The van der Waals surface area contributed by atoms with E-state index >= 15 is 0 Å². The van der Waals surface area contributed by atoms with Crippen molar-refractivity contribution < 1.29 is 28.0 Å². The highest BCUT2D eigenvalue weighted by Crippen LogP contribution is 2.30. The second-order valence-electron chi connectivity index (χ2n) is 16.1. The number of aromatic nitrogens is 2. The number of nitrogens with zero attached hydrogens (tertiary/aromatic N) is 5. The zero-order valence-corrected chi connectivity index (χ0v) is 32.4. The van der Waals surface area contributed by atoms with Crippen LogP contribution in [0.1, 0.15) is 85.0 Å². The van der Waals surface area contributed by atoms with E-state index in [1.807, 2.05) is 79.1 Å². The lowest BCUT2D eigenvalue weighted by molar-refractivity contribution is -0.124. The van der Waals surface area contributed by atoms with Crippen LogP contribution in [-0.4, -0.2) is 102 Å². The fourth-order valence-corrected chi connectivity index (χ4v) is 7.93. The molecule has 4 saturated heterocycles. The van der Waals surface area contributed by atoms with E-state index in [0.29, 0.717) is 25.1 Å². The Morgan fingerprint density at radius 1 is 0.673 bits per heavy atom. The van der Waals surface area contributed by atoms with E-state index in [4.69, 9.17) is 13.6 Å². The largest absolute Gasteiger partial charge is 0.444 e. The van der Waals surface area contributed by atoms with Gasteiger partial charge >= 0.3 is 6.09 Å². The molecule has 14 nitrogen and oxygen atoms in total. The van der Waals surface area contributed by atoms with E-state index < -0.39 is 5.60 Å². The number of carbonyl (C=O) groups excluding carboxylic acids is 3. The van der Waals surface area contributed by atoms with Crippen LogP contribution in [0.15, 0.2) is 57.4 Å². The number of hydrogen-bond donors (Lipinski definition) is 3. The standard InChI is InChI=1S/C23H32N4O4.C18H24N4O2/c1-23(2,3)31-22(29)26-14-11-16(12-15-26)24-20(28)18-9-6-7-13-27(18)21-25-17-8-4-5-10-19(17)30-21;23-17(20-13-8-10-19-11-9-13)15-6-3-4-12-22(15)18-21-14-5-1-2-7-16(14)24-18/h4-5,8,10,16,18H,6-7,9,11-15H2,1-3H3,(H,24,28);1-2,5,7,13,15,19H,3-4,6,8-12H2,(H,20,23)/t18-;15-/m00/s1. The third-order valence-corrected chi connectivity index (χ3v) is 10.8. The van der Waals surface area contributed by atoms with Gasteiger partial charge in [0.25, 0.3) is 12.0 Å². The number of fused-ring (bicyclic) bond motifs is 2. The molecule has 14 heteroatoms. The number of anilines is 2. The molecule has 3 amide bonds. The molecule has 2 atom stereocenters. The SMILES string of the molecule is CC(C)(C)OC(=O)N1CCC(NC(=O)[C@@H]2CCCCN2c2nc3ccccc3o2)CC1.O=C(NC1CCNCC1)[C@@H]1CCCCN1c1nc2ccccc2o1. The number of piperidine rings is 4. The number of hydrogen-bond acceptors (Lipinski definition) is 11. The third-order valence-electron chi connectivity index (χ3n) is 10.8. The number of rotatable bonds is 6. The Bertz CT molecular complexity index is 1840. The Hall–Kier alpha value is -4.85. The van der Waals surface area contributed by atoms with Gasteiger partial charge in [-0.1, -0.05) is 24.3 Å². The van der Waals surface area contributed by atoms with Gasteiger partial charge in [0.15, 0.2) is 11.2 Å². The molecule has 8 rings (SSSR count). The molecule has 4 fully saturated rings. The molecule has 0 aliphatic carbocycles. The van der Waals surface area contributed by atoms with E-state index in [0.717, 1.165) is 113 Å². The van der Waals surface area contributed by atoms with Gasteiger partial charge in [-0.05, 0) is 122 Å². The first-order valence-electron chi connectivity index (χ1n) is 20.1. The van der Waals surface area contributed by atoms with Crippen molar-refractivity contribution >= 4 is 52.1 Å². The molecule has 296 valence electrons. The van der Waals surface area contributed by atoms with Crippen LogP contribution in [0.3, 0.4) is 0 Å². The number of likely N-dealkylation sites (tertiary alicyclic amines) is 1. The van der Waals surface area contributed by atoms with Gasteiger partial charge in [0.2, 0.25) is 11.8 Å². The van der Waals surface area contributed by atoms with Crippen LogP contribution >= 0.6 is 0 Å². The number of ether oxygens (including phenoxy) is 1. The van der Waals surface area contributed by atoms with E-state index in [9.17, 15) is 14.4 Å². The van der Waals surface area contributed by atoms with Crippen LogP contribution in [0.2, 0.25) is 0 Å². The van der Waals surface area contributed by atoms with E-state index in [2.05, 4.69) is 25.9 Å². The summed E-state index contributed by atoms with van der Waals surface area (Å²) in [5.74, 6) is 0.126. The van der Waals surface area contributed by atoms with Crippen LogP contribution in [0.25, 0.3) is 22.2 Å². The second-order valence-corrected chi connectivity index (χ2v) is 16.1. The summed E-state index contributed by atoms with van der Waals surface area (Å²) in [6.07, 6.45) is 8.95. The van der Waals surface area contributed by atoms with E-state index in [1.54, 1.807) is 4.90 Å². The molecule has 4 aliphatic heterocycles. The zero-order valence-electron chi connectivity index (χ0n) is 32.4. The number of benzene rings is 2. The van der Waals surface area contributed by atoms with Crippen molar-refractivity contribution in [2.75, 3.05) is 49.1 Å². The number of carbonyl (C=O) groups is 3. The van der Waals surface area contributed by atoms with Crippen LogP contribution in [-0.2, 0) is 14.3 Å². The number of para-hydroxylation sites is 4. The normalized spacial score (nSPS) is 21.5. The highest BCUT2D eigenvalue weighted by atomic mass is 16.6. The molecule has 0 radical (unpaired) electrons. The minimum absolute atomic E-state index is 0.0117. The summed E-state index contributed by atoms with van der Waals surface area (Å²) < 4.78 is 17.3. The van der Waals surface area contributed by atoms with E-state index in [-0.39, 0.29) is 42.1 Å². The van der Waals surface area contributed by atoms with Crippen molar-refractivity contribution in [3.05, 3.63) is 48.5 Å². The number of nitrogens with one attached hydrogen (secondary N) is 3. The summed E-state index contributed by atoms with van der Waals surface area (Å²) in [7, 11) is 0. The summed E-state index contributed by atoms with van der Waals surface area (Å²) in [5, 5.41) is 9.76. The van der Waals surface area contributed by atoms with Crippen molar-refractivity contribution in [2.24, 2.45) is 0 Å². The second kappa shape index (κ2) is 17.3. The van der Waals surface area contributed by atoms with Crippen LogP contribution < -0.4 is 25.8 Å². The highest BCUT2D eigenvalue weighted by molar-refractivity contribution is 5.86. The number of oxazole rings is 2. The van der Waals surface area contributed by atoms with Crippen LogP contribution in [0.4, 0.5) is 16.8 Å². The molecule has 2 aromatic heterocycles. The van der Waals surface area contributed by atoms with Crippen molar-refractivity contribution in [3.8, 4) is 0 Å². The summed E-state index contributed by atoms with van der Waals surface area (Å²) in [6.45, 7) is 10.3. The predicted octanol–water partition coefficient (Wildman–Crippen LogP) is 5.76. The molecule has 3 N–H and O–H groups in total. The maximum absolute atomic E-state index is 13.1. The molecule has 55 heavy (non-hydrogen) atoms. The smallest absolute Gasteiger partial charge is 0.410 e. The van der Waals surface area contributed by atoms with Gasteiger partial charge in [0.1, 0.15) is 28.7 Å². The molecule has 0 spiro atoms. The predicted molar refractivity (Wildman–Crippen MR) is 211 cm³/mol. The lowest BCUT2D eigenvalue weighted by atomic mass is 10.00. The molecule has 6 heterocycles. The lowest BCUT2D eigenvalue weighted by Crippen LogP contribution is -2.54. The molecule has 2 aromatic carbocycles. The van der Waals surface area contributed by atoms with Crippen molar-refractivity contribution in [3.63, 3.8) is 0 Å². The van der Waals surface area contributed by atoms with Gasteiger partial charge < -0.3 is 44.2 Å². The molecule has 0 saturated carbocycles. The quantitative estimate of drug-likeness (QED) is 0.220. The van der Waals surface area contributed by atoms with Gasteiger partial charge in [-0.15, -0.1) is 0 Å². The van der Waals surface area contributed by atoms with Crippen molar-refractivity contribution in [2.45, 2.75) is 115 Å². The number of amides is 3. The maximum atomic E-state index is 13.1. The van der Waals surface area contributed by atoms with Crippen LogP contribution in [0.5, 0.6) is 0 Å². The molecule has 0 unspecified atom stereocenters. The fourth-order valence-electron chi connectivity index (χ4n) is 7.93. The topological polar surface area (TPSA) is 158 Å². The Balaban J connectivity index is 0.000000174. The Labute approximate surface area is 322 Å². The molecule has 4 aromatic rings. The summed E-state index contributed by atoms with van der Waals surface area (Å²) in [4.78, 5) is 53.2. The molecule has 0 bridgehead atoms. The Kier molecular flexibility index (Phi) is 12.1. The van der Waals surface area contributed by atoms with Crippen molar-refractivity contribution in [1.82, 2.24) is 30.8 Å². The van der Waals surface area contributed by atoms with Gasteiger partial charge in [-0.25, -0.2) is 4.79 Å².